The van der Waals surface area contributed by atoms with E-state index in [0.717, 1.165) is 19.3 Å². The second-order valence-corrected chi connectivity index (χ2v) is 4.34. The molecule has 2 heteroatoms. The van der Waals surface area contributed by atoms with Crippen LogP contribution in [0.5, 0.6) is 0 Å². The van der Waals surface area contributed by atoms with Gasteiger partial charge in [-0.3, -0.25) is 0 Å². The predicted octanol–water partition coefficient (Wildman–Crippen LogP) is 2.12. The van der Waals surface area contributed by atoms with Crippen LogP contribution in [0.2, 0.25) is 0 Å². The summed E-state index contributed by atoms with van der Waals surface area (Å²) in [5, 5.41) is 10.6. The van der Waals surface area contributed by atoms with Crippen LogP contribution >= 0.6 is 0 Å². The van der Waals surface area contributed by atoms with Gasteiger partial charge in [0.25, 0.3) is 0 Å². The Labute approximate surface area is 81.3 Å². The van der Waals surface area contributed by atoms with Gasteiger partial charge in [0.05, 0.1) is 0 Å². The quantitative estimate of drug-likeness (QED) is 0.570. The molecule has 2 nitrogen and oxygen atoms in total. The number of aliphatic carboxylic acids is 1. The lowest BCUT2D eigenvalue weighted by Crippen LogP contribution is -2.37. The Morgan fingerprint density at radius 1 is 1.15 bits per heavy atom. The van der Waals surface area contributed by atoms with Gasteiger partial charge in [-0.2, -0.15) is 0 Å². The van der Waals surface area contributed by atoms with E-state index in [4.69, 9.17) is 0 Å². The number of carboxylic acids is 1. The van der Waals surface area contributed by atoms with Crippen molar-refractivity contribution in [3.05, 3.63) is 0 Å². The van der Waals surface area contributed by atoms with Gasteiger partial charge in [0.2, 0.25) is 0 Å². The molecular formula is C11H21O2-. The third-order valence-corrected chi connectivity index (χ3v) is 2.46. The van der Waals surface area contributed by atoms with E-state index in [1.807, 2.05) is 0 Å². The fourth-order valence-electron chi connectivity index (χ4n) is 1.27. The highest BCUT2D eigenvalue weighted by molar-refractivity contribution is 5.71. The van der Waals surface area contributed by atoms with E-state index in [1.165, 1.54) is 19.3 Å². The van der Waals surface area contributed by atoms with Crippen LogP contribution in [0.1, 0.15) is 59.3 Å². The van der Waals surface area contributed by atoms with Gasteiger partial charge in [-0.15, -0.1) is 0 Å². The van der Waals surface area contributed by atoms with E-state index in [-0.39, 0.29) is 0 Å². The Hall–Kier alpha value is -0.530. The summed E-state index contributed by atoms with van der Waals surface area (Å²) in [6.45, 7) is 5.65. The minimum absolute atomic E-state index is 0.647. The number of carboxylic acid groups (broad SMARTS) is 1. The Kier molecular flexibility index (Phi) is 5.76. The fraction of sp³-hybridized carbons (Fsp3) is 0.909. The van der Waals surface area contributed by atoms with Crippen LogP contribution in [0.4, 0.5) is 0 Å². The first-order chi connectivity index (χ1) is 6.00. The molecule has 0 radical (unpaired) electrons. The minimum Gasteiger partial charge on any atom is -0.550 e. The molecule has 0 aromatic carbocycles. The van der Waals surface area contributed by atoms with Gasteiger partial charge in [-0.1, -0.05) is 52.9 Å². The van der Waals surface area contributed by atoms with E-state index in [2.05, 4.69) is 6.92 Å². The summed E-state index contributed by atoms with van der Waals surface area (Å²) in [5.41, 5.74) is -0.647. The SMILES string of the molecule is CCCCCCCC(C)(C)C(=O)[O-]. The Bertz CT molecular complexity index is 150. The van der Waals surface area contributed by atoms with Crippen molar-refractivity contribution in [3.63, 3.8) is 0 Å². The number of rotatable bonds is 7. The molecule has 0 aromatic rings. The molecule has 13 heavy (non-hydrogen) atoms. The molecule has 0 spiro atoms. The fourth-order valence-corrected chi connectivity index (χ4v) is 1.27. The lowest BCUT2D eigenvalue weighted by atomic mass is 9.87. The van der Waals surface area contributed by atoms with Crippen LogP contribution in [0.3, 0.4) is 0 Å². The molecule has 0 atom stereocenters. The van der Waals surface area contributed by atoms with Crippen molar-refractivity contribution in [1.82, 2.24) is 0 Å². The Balaban J connectivity index is 3.46. The highest BCUT2D eigenvalue weighted by atomic mass is 16.4. The number of carbonyl (C=O) groups excluding carboxylic acids is 1. The maximum atomic E-state index is 10.6. The standard InChI is InChI=1S/C11H22O2/c1-4-5-6-7-8-9-11(2,3)10(12)13/h4-9H2,1-3H3,(H,12,13)/p-1. The van der Waals surface area contributed by atoms with E-state index < -0.39 is 11.4 Å². The van der Waals surface area contributed by atoms with Crippen LogP contribution in [0, 0.1) is 5.41 Å². The van der Waals surface area contributed by atoms with Gasteiger partial charge >= 0.3 is 0 Å². The van der Waals surface area contributed by atoms with Crippen molar-refractivity contribution in [2.75, 3.05) is 0 Å². The molecule has 0 saturated carbocycles. The molecule has 0 amide bonds. The molecule has 0 unspecified atom stereocenters. The molecule has 0 fully saturated rings. The molecule has 0 N–H and O–H groups in total. The Morgan fingerprint density at radius 3 is 2.15 bits per heavy atom. The molecule has 0 saturated heterocycles. The predicted molar refractivity (Wildman–Crippen MR) is 52.2 cm³/mol. The van der Waals surface area contributed by atoms with Crippen molar-refractivity contribution in [2.24, 2.45) is 5.41 Å². The van der Waals surface area contributed by atoms with Gasteiger partial charge in [-0.05, 0) is 6.42 Å². The maximum absolute atomic E-state index is 10.6. The summed E-state index contributed by atoms with van der Waals surface area (Å²) >= 11 is 0. The molecule has 78 valence electrons. The number of unbranched alkanes of at least 4 members (excludes halogenated alkanes) is 4. The minimum atomic E-state index is -0.928. The summed E-state index contributed by atoms with van der Waals surface area (Å²) in [4.78, 5) is 10.6. The summed E-state index contributed by atoms with van der Waals surface area (Å²) in [5.74, 6) is -0.928. The second kappa shape index (κ2) is 6.01. The summed E-state index contributed by atoms with van der Waals surface area (Å²) in [6, 6.07) is 0. The van der Waals surface area contributed by atoms with Crippen molar-refractivity contribution in [1.29, 1.82) is 0 Å². The van der Waals surface area contributed by atoms with Crippen molar-refractivity contribution in [2.45, 2.75) is 59.3 Å². The highest BCUT2D eigenvalue weighted by Gasteiger charge is 2.17. The molecule has 0 heterocycles. The van der Waals surface area contributed by atoms with Crippen LogP contribution in [0.15, 0.2) is 0 Å². The largest absolute Gasteiger partial charge is 0.550 e. The van der Waals surface area contributed by atoms with E-state index >= 15 is 0 Å². The zero-order valence-electron chi connectivity index (χ0n) is 9.06. The zero-order chi connectivity index (χ0) is 10.3. The summed E-state index contributed by atoms with van der Waals surface area (Å²) < 4.78 is 0. The first-order valence-electron chi connectivity index (χ1n) is 5.22. The van der Waals surface area contributed by atoms with Crippen LogP contribution in [-0.4, -0.2) is 5.97 Å². The Morgan fingerprint density at radius 2 is 1.69 bits per heavy atom. The van der Waals surface area contributed by atoms with Gasteiger partial charge in [-0.25, -0.2) is 0 Å². The number of carbonyl (C=O) groups is 1. The second-order valence-electron chi connectivity index (χ2n) is 4.34. The average Bonchev–Trinajstić information content (AvgIpc) is 2.03. The zero-order valence-corrected chi connectivity index (χ0v) is 9.06. The van der Waals surface area contributed by atoms with E-state index in [0.29, 0.717) is 0 Å². The molecule has 0 bridgehead atoms. The third-order valence-electron chi connectivity index (χ3n) is 2.46. The van der Waals surface area contributed by atoms with Crippen molar-refractivity contribution in [3.8, 4) is 0 Å². The monoisotopic (exact) mass is 185 g/mol. The molecular weight excluding hydrogens is 164 g/mol. The molecule has 0 aliphatic rings. The summed E-state index contributed by atoms with van der Waals surface area (Å²) in [7, 11) is 0. The molecule has 0 aromatic heterocycles. The van der Waals surface area contributed by atoms with E-state index in [9.17, 15) is 9.90 Å². The summed E-state index contributed by atoms with van der Waals surface area (Å²) in [6.07, 6.45) is 6.58. The average molecular weight is 185 g/mol. The highest BCUT2D eigenvalue weighted by Crippen LogP contribution is 2.22. The lowest BCUT2D eigenvalue weighted by Gasteiger charge is -2.25. The van der Waals surface area contributed by atoms with Gasteiger partial charge < -0.3 is 9.90 Å². The molecule has 0 rings (SSSR count). The van der Waals surface area contributed by atoms with Crippen molar-refractivity contribution < 1.29 is 9.90 Å². The van der Waals surface area contributed by atoms with Crippen LogP contribution in [-0.2, 0) is 4.79 Å². The third kappa shape index (κ3) is 5.67. The number of hydrogen-bond donors (Lipinski definition) is 0. The first kappa shape index (κ1) is 12.5. The van der Waals surface area contributed by atoms with Crippen LogP contribution < -0.4 is 5.11 Å². The van der Waals surface area contributed by atoms with E-state index in [1.54, 1.807) is 13.8 Å². The topological polar surface area (TPSA) is 40.1 Å². The van der Waals surface area contributed by atoms with Gasteiger partial charge in [0.15, 0.2) is 0 Å². The smallest absolute Gasteiger partial charge is 0.0470 e. The first-order valence-corrected chi connectivity index (χ1v) is 5.22. The van der Waals surface area contributed by atoms with Gasteiger partial charge in [0, 0.05) is 11.4 Å². The van der Waals surface area contributed by atoms with Crippen molar-refractivity contribution >= 4 is 5.97 Å². The molecule has 0 aliphatic carbocycles. The molecule has 0 aliphatic heterocycles. The van der Waals surface area contributed by atoms with Crippen LogP contribution in [0.25, 0.3) is 0 Å². The maximum Gasteiger partial charge on any atom is 0.0470 e. The van der Waals surface area contributed by atoms with Gasteiger partial charge in [0.1, 0.15) is 0 Å². The normalized spacial score (nSPS) is 11.6. The lowest BCUT2D eigenvalue weighted by molar-refractivity contribution is -0.317. The number of hydrogen-bond acceptors (Lipinski definition) is 2.